The zero-order valence-electron chi connectivity index (χ0n) is 17.8. The Labute approximate surface area is 192 Å². The maximum atomic E-state index is 10.8. The maximum absolute atomic E-state index is 10.8. The third-order valence-electron chi connectivity index (χ3n) is 5.64. The minimum atomic E-state index is -1.23. The number of tetrazole rings is 1. The Kier molecular flexibility index (Phi) is 5.70. The number of hydrogen-bond donors (Lipinski definition) is 1. The van der Waals surface area contributed by atoms with Crippen molar-refractivity contribution < 1.29 is 9.68 Å². The largest absolute Gasteiger partial charge is 0.562 e. The quantitative estimate of drug-likeness (QED) is 0.316. The molecule has 0 spiro atoms. The molecule has 4 aromatic carbocycles. The van der Waals surface area contributed by atoms with E-state index in [-0.39, 0.29) is 6.01 Å². The second kappa shape index (κ2) is 9.10. The molecule has 0 fully saturated rings. The minimum absolute atomic E-state index is 0.0999. The van der Waals surface area contributed by atoms with Gasteiger partial charge in [-0.2, -0.15) is 4.68 Å². The van der Waals surface area contributed by atoms with E-state index >= 15 is 0 Å². The molecule has 0 aliphatic carbocycles. The Morgan fingerprint density at radius 3 is 1.52 bits per heavy atom. The monoisotopic (exact) mass is 432 g/mol. The number of aromatic nitrogens is 4. The van der Waals surface area contributed by atoms with E-state index in [9.17, 15) is 5.02 Å². The maximum Gasteiger partial charge on any atom is 0.562 e. The van der Waals surface area contributed by atoms with Crippen LogP contribution < -0.4 is 10.1 Å². The molecule has 0 saturated heterocycles. The smallest absolute Gasteiger partial charge is 0.503 e. The Morgan fingerprint density at radius 2 is 1.06 bits per heavy atom. The van der Waals surface area contributed by atoms with Gasteiger partial charge in [0.2, 0.25) is 0 Å². The molecular formula is C26H21BN4O2. The Hall–Kier alpha value is -4.23. The van der Waals surface area contributed by atoms with Crippen molar-refractivity contribution in [2.45, 2.75) is 5.54 Å². The average molecular weight is 432 g/mol. The van der Waals surface area contributed by atoms with Crippen molar-refractivity contribution in [2.24, 2.45) is 0 Å². The van der Waals surface area contributed by atoms with Crippen LogP contribution in [0.2, 0.25) is 0 Å². The van der Waals surface area contributed by atoms with Gasteiger partial charge in [0.1, 0.15) is 5.54 Å². The number of nitrogens with zero attached hydrogens (tertiary/aromatic N) is 4. The fraction of sp³-hybridized carbons (Fsp3) is 0.0385. The highest BCUT2D eigenvalue weighted by Crippen LogP contribution is 2.41. The molecule has 0 amide bonds. The van der Waals surface area contributed by atoms with Crippen LogP contribution in [-0.2, 0) is 5.54 Å². The molecule has 160 valence electrons. The highest BCUT2D eigenvalue weighted by molar-refractivity contribution is 6.60. The lowest BCUT2D eigenvalue weighted by atomic mass is 9.77. The van der Waals surface area contributed by atoms with E-state index in [0.717, 1.165) is 16.7 Å². The highest BCUT2D eigenvalue weighted by atomic mass is 16.5. The molecule has 33 heavy (non-hydrogen) atoms. The summed E-state index contributed by atoms with van der Waals surface area (Å²) in [6.45, 7) is 0. The van der Waals surface area contributed by atoms with Crippen molar-refractivity contribution in [3.63, 3.8) is 0 Å². The molecule has 6 nitrogen and oxygen atoms in total. The molecule has 5 rings (SSSR count). The first-order valence-electron chi connectivity index (χ1n) is 10.7. The van der Waals surface area contributed by atoms with Gasteiger partial charge in [-0.25, -0.2) is 0 Å². The zero-order valence-corrected chi connectivity index (χ0v) is 17.8. The summed E-state index contributed by atoms with van der Waals surface area (Å²) in [7, 11) is -1.23. The third kappa shape index (κ3) is 3.79. The Morgan fingerprint density at radius 1 is 0.636 bits per heavy atom. The average Bonchev–Trinajstić information content (AvgIpc) is 3.35. The second-order valence-corrected chi connectivity index (χ2v) is 7.56. The number of hydrogen-bond acceptors (Lipinski definition) is 5. The zero-order chi connectivity index (χ0) is 22.5. The van der Waals surface area contributed by atoms with E-state index < -0.39 is 12.7 Å². The summed E-state index contributed by atoms with van der Waals surface area (Å²) in [6, 6.07) is 39.3. The van der Waals surface area contributed by atoms with Crippen molar-refractivity contribution in [3.05, 3.63) is 138 Å². The van der Waals surface area contributed by atoms with Crippen LogP contribution in [-0.4, -0.2) is 32.3 Å². The predicted molar refractivity (Wildman–Crippen MR) is 127 cm³/mol. The molecular weight excluding hydrogens is 411 g/mol. The lowest BCUT2D eigenvalue weighted by Crippen LogP contribution is -2.42. The van der Waals surface area contributed by atoms with Crippen LogP contribution in [0.5, 0.6) is 6.01 Å². The lowest BCUT2D eigenvalue weighted by molar-refractivity contribution is 0.349. The van der Waals surface area contributed by atoms with E-state index in [1.54, 1.807) is 16.8 Å². The second-order valence-electron chi connectivity index (χ2n) is 7.56. The van der Waals surface area contributed by atoms with Gasteiger partial charge in [-0.1, -0.05) is 126 Å². The predicted octanol–water partition coefficient (Wildman–Crippen LogP) is 3.28. The van der Waals surface area contributed by atoms with Crippen LogP contribution in [0.4, 0.5) is 0 Å². The van der Waals surface area contributed by atoms with Crippen molar-refractivity contribution in [3.8, 4) is 6.01 Å². The molecule has 5 aromatic rings. The molecule has 0 aliphatic rings. The van der Waals surface area contributed by atoms with Crippen LogP contribution in [0.3, 0.4) is 0 Å². The highest BCUT2D eigenvalue weighted by Gasteiger charge is 2.42. The minimum Gasteiger partial charge on any atom is -0.503 e. The van der Waals surface area contributed by atoms with E-state index in [2.05, 4.69) is 15.5 Å². The van der Waals surface area contributed by atoms with Gasteiger partial charge >= 0.3 is 13.1 Å². The summed E-state index contributed by atoms with van der Waals surface area (Å²) >= 11 is 0. The van der Waals surface area contributed by atoms with Crippen molar-refractivity contribution in [2.75, 3.05) is 0 Å². The summed E-state index contributed by atoms with van der Waals surface area (Å²) in [5.74, 6) is 0. The third-order valence-corrected chi connectivity index (χ3v) is 5.64. The summed E-state index contributed by atoms with van der Waals surface area (Å²) in [6.07, 6.45) is 0. The molecule has 0 aliphatic heterocycles. The van der Waals surface area contributed by atoms with Crippen LogP contribution in [0.15, 0.2) is 121 Å². The molecule has 0 saturated carbocycles. The summed E-state index contributed by atoms with van der Waals surface area (Å²) in [5.41, 5.74) is 2.53. The molecule has 0 radical (unpaired) electrons. The van der Waals surface area contributed by atoms with Crippen LogP contribution in [0.1, 0.15) is 16.7 Å². The van der Waals surface area contributed by atoms with E-state index in [0.29, 0.717) is 5.46 Å². The molecule has 0 unspecified atom stereocenters. The Bertz CT molecular complexity index is 1200. The summed E-state index contributed by atoms with van der Waals surface area (Å²) in [5, 5.41) is 23.2. The Balaban J connectivity index is 1.74. The van der Waals surface area contributed by atoms with E-state index in [4.69, 9.17) is 4.65 Å². The molecule has 1 N–H and O–H groups in total. The van der Waals surface area contributed by atoms with Gasteiger partial charge in [0.25, 0.3) is 0 Å². The van der Waals surface area contributed by atoms with Crippen LogP contribution in [0, 0.1) is 0 Å². The number of rotatable bonds is 7. The first-order valence-corrected chi connectivity index (χ1v) is 10.7. The molecule has 0 atom stereocenters. The fourth-order valence-electron chi connectivity index (χ4n) is 4.15. The molecule has 0 bridgehead atoms. The van der Waals surface area contributed by atoms with E-state index in [1.807, 2.05) is 109 Å². The van der Waals surface area contributed by atoms with Gasteiger partial charge in [0, 0.05) is 0 Å². The summed E-state index contributed by atoms with van der Waals surface area (Å²) in [4.78, 5) is 0. The van der Waals surface area contributed by atoms with Gasteiger partial charge in [0.05, 0.1) is 0 Å². The van der Waals surface area contributed by atoms with Crippen molar-refractivity contribution >= 4 is 12.6 Å². The van der Waals surface area contributed by atoms with Gasteiger partial charge in [0.15, 0.2) is 0 Å². The standard InChI is InChI=1S/C26H21BN4O2/c32-27(24-19-11-4-12-20-24)33-25-28-29-30-31(25)26(21-13-5-1-6-14-21,22-15-7-2-8-16-22)23-17-9-3-10-18-23/h1-20,32H. The fourth-order valence-corrected chi connectivity index (χ4v) is 4.15. The SMILES string of the molecule is OB(Oc1nnnn1C(c1ccccc1)(c1ccccc1)c1ccccc1)c1ccccc1. The first-order chi connectivity index (χ1) is 16.3. The van der Waals surface area contributed by atoms with E-state index in [1.165, 1.54) is 0 Å². The van der Waals surface area contributed by atoms with Gasteiger partial charge in [-0.15, -0.1) is 0 Å². The topological polar surface area (TPSA) is 73.1 Å². The van der Waals surface area contributed by atoms with Gasteiger partial charge < -0.3 is 9.68 Å². The number of benzene rings is 4. The van der Waals surface area contributed by atoms with Crippen LogP contribution in [0.25, 0.3) is 0 Å². The van der Waals surface area contributed by atoms with Crippen molar-refractivity contribution in [1.29, 1.82) is 0 Å². The molecule has 1 heterocycles. The van der Waals surface area contributed by atoms with Crippen LogP contribution >= 0.6 is 0 Å². The molecule has 1 aromatic heterocycles. The molecule has 7 heteroatoms. The normalized spacial score (nSPS) is 11.2. The lowest BCUT2D eigenvalue weighted by Gasteiger charge is -2.36. The first kappa shape index (κ1) is 20.7. The summed E-state index contributed by atoms with van der Waals surface area (Å²) < 4.78 is 7.56. The van der Waals surface area contributed by atoms with Crippen molar-refractivity contribution in [1.82, 2.24) is 20.2 Å². The van der Waals surface area contributed by atoms with Gasteiger partial charge in [-0.3, -0.25) is 0 Å². The van der Waals surface area contributed by atoms with Gasteiger partial charge in [-0.05, 0) is 32.6 Å².